The summed E-state index contributed by atoms with van der Waals surface area (Å²) in [5.41, 5.74) is -0.193. The summed E-state index contributed by atoms with van der Waals surface area (Å²) in [6.07, 6.45) is 6.83. The molecule has 1 saturated carbocycles. The third kappa shape index (κ3) is 3.34. The molecule has 1 aromatic heterocycles. The molecular weight excluding hydrogens is 418 g/mol. The second kappa shape index (κ2) is 8.11. The van der Waals surface area contributed by atoms with E-state index in [2.05, 4.69) is 24.1 Å². The van der Waals surface area contributed by atoms with Crippen molar-refractivity contribution in [2.45, 2.75) is 70.0 Å². The van der Waals surface area contributed by atoms with Gasteiger partial charge < -0.3 is 20.1 Å². The number of aromatic carboxylic acids is 1. The first-order valence-electron chi connectivity index (χ1n) is 11.1. The second-order valence-electron chi connectivity index (χ2n) is 8.76. The fourth-order valence-corrected chi connectivity index (χ4v) is 5.92. The standard InChI is InChI=1S/C23H30ClN3O4/c1-4-13-8-9-23(5-2,27(13)12-25-3)18-17(28)10-15-20(19(18)24)26(14-6-7-14)11-16(21(15)29)22(30)31/h10-11,13-14,25,28H,4-9,12H2,1-3H3,(H,30,31). The number of carboxylic acids is 1. The Balaban J connectivity index is 2.04. The van der Waals surface area contributed by atoms with Gasteiger partial charge in [0.05, 0.1) is 21.5 Å². The number of pyridine rings is 1. The predicted molar refractivity (Wildman–Crippen MR) is 121 cm³/mol. The van der Waals surface area contributed by atoms with Crippen LogP contribution in [-0.4, -0.2) is 45.4 Å². The van der Waals surface area contributed by atoms with Gasteiger partial charge in [-0.15, -0.1) is 0 Å². The highest BCUT2D eigenvalue weighted by Gasteiger charge is 2.48. The number of carboxylic acid groups (broad SMARTS) is 1. The Labute approximate surface area is 186 Å². The van der Waals surface area contributed by atoms with Gasteiger partial charge >= 0.3 is 5.97 Å². The number of likely N-dealkylation sites (tertiary alicyclic amines) is 1. The molecule has 4 rings (SSSR count). The first-order valence-corrected chi connectivity index (χ1v) is 11.4. The van der Waals surface area contributed by atoms with E-state index in [1.54, 1.807) is 0 Å². The molecule has 3 N–H and O–H groups in total. The molecule has 168 valence electrons. The molecule has 2 fully saturated rings. The monoisotopic (exact) mass is 447 g/mol. The molecule has 0 bridgehead atoms. The third-order valence-electron chi connectivity index (χ3n) is 7.14. The van der Waals surface area contributed by atoms with Crippen LogP contribution in [0.3, 0.4) is 0 Å². The third-order valence-corrected chi connectivity index (χ3v) is 7.51. The van der Waals surface area contributed by atoms with Gasteiger partial charge in [0, 0.05) is 30.5 Å². The molecular formula is C23H30ClN3O4. The van der Waals surface area contributed by atoms with Gasteiger partial charge in [0.25, 0.3) is 0 Å². The molecule has 1 aliphatic carbocycles. The van der Waals surface area contributed by atoms with Crippen molar-refractivity contribution >= 4 is 28.5 Å². The molecule has 31 heavy (non-hydrogen) atoms. The smallest absolute Gasteiger partial charge is 0.341 e. The lowest BCUT2D eigenvalue weighted by molar-refractivity contribution is 0.0694. The number of benzene rings is 1. The number of carbonyl (C=O) groups is 1. The van der Waals surface area contributed by atoms with E-state index in [9.17, 15) is 19.8 Å². The minimum absolute atomic E-state index is 0.0424. The minimum atomic E-state index is -1.27. The van der Waals surface area contributed by atoms with Gasteiger partial charge in [-0.05, 0) is 51.6 Å². The zero-order valence-electron chi connectivity index (χ0n) is 18.2. The van der Waals surface area contributed by atoms with Crippen molar-refractivity contribution in [2.75, 3.05) is 13.7 Å². The van der Waals surface area contributed by atoms with Crippen LogP contribution in [0.4, 0.5) is 0 Å². The summed E-state index contributed by atoms with van der Waals surface area (Å²) in [5.74, 6) is -1.31. The summed E-state index contributed by atoms with van der Waals surface area (Å²) in [5, 5.41) is 24.5. The van der Waals surface area contributed by atoms with Gasteiger partial charge in [-0.1, -0.05) is 25.4 Å². The first kappa shape index (κ1) is 22.1. The van der Waals surface area contributed by atoms with Gasteiger partial charge in [-0.25, -0.2) is 4.79 Å². The topological polar surface area (TPSA) is 94.8 Å². The van der Waals surface area contributed by atoms with Crippen LogP contribution in [0.5, 0.6) is 5.75 Å². The van der Waals surface area contributed by atoms with Crippen molar-refractivity contribution in [3.63, 3.8) is 0 Å². The Morgan fingerprint density at radius 1 is 1.32 bits per heavy atom. The summed E-state index contributed by atoms with van der Waals surface area (Å²) in [4.78, 5) is 27.0. The molecule has 2 aliphatic rings. The largest absolute Gasteiger partial charge is 0.508 e. The summed E-state index contributed by atoms with van der Waals surface area (Å²) in [6.45, 7) is 4.93. The van der Waals surface area contributed by atoms with E-state index in [1.807, 2.05) is 11.6 Å². The van der Waals surface area contributed by atoms with Crippen molar-refractivity contribution in [3.05, 3.63) is 38.6 Å². The Hall–Kier alpha value is -2.09. The second-order valence-corrected chi connectivity index (χ2v) is 9.14. The van der Waals surface area contributed by atoms with Crippen LogP contribution in [0, 0.1) is 0 Å². The molecule has 1 saturated heterocycles. The van der Waals surface area contributed by atoms with Crippen LogP contribution in [0.25, 0.3) is 10.9 Å². The average molecular weight is 448 g/mol. The molecule has 1 aliphatic heterocycles. The van der Waals surface area contributed by atoms with Crippen LogP contribution in [0.2, 0.25) is 5.02 Å². The molecule has 7 nitrogen and oxygen atoms in total. The van der Waals surface area contributed by atoms with Gasteiger partial charge in [-0.3, -0.25) is 9.69 Å². The number of halogens is 1. The average Bonchev–Trinajstić information content (AvgIpc) is 3.52. The number of nitrogens with one attached hydrogen (secondary N) is 1. The summed E-state index contributed by atoms with van der Waals surface area (Å²) in [7, 11) is 1.91. The van der Waals surface area contributed by atoms with Gasteiger partial charge in [-0.2, -0.15) is 0 Å². The number of phenols is 1. The fourth-order valence-electron chi connectivity index (χ4n) is 5.45. The summed E-state index contributed by atoms with van der Waals surface area (Å²) >= 11 is 7.02. The Morgan fingerprint density at radius 2 is 2.03 bits per heavy atom. The van der Waals surface area contributed by atoms with Gasteiger partial charge in [0.1, 0.15) is 11.3 Å². The number of nitrogens with zero attached hydrogens (tertiary/aromatic N) is 2. The fraction of sp³-hybridized carbons (Fsp3) is 0.565. The Kier molecular flexibility index (Phi) is 5.79. The number of hydrogen-bond donors (Lipinski definition) is 3. The van der Waals surface area contributed by atoms with E-state index < -0.39 is 16.9 Å². The van der Waals surface area contributed by atoms with Crippen molar-refractivity contribution in [1.82, 2.24) is 14.8 Å². The predicted octanol–water partition coefficient (Wildman–Crippen LogP) is 4.05. The van der Waals surface area contributed by atoms with Gasteiger partial charge in [0.15, 0.2) is 0 Å². The zero-order chi connectivity index (χ0) is 22.5. The molecule has 0 amide bonds. The Morgan fingerprint density at radius 3 is 2.58 bits per heavy atom. The Bertz CT molecular complexity index is 1090. The molecule has 2 unspecified atom stereocenters. The highest BCUT2D eigenvalue weighted by atomic mass is 35.5. The molecule has 2 aromatic rings. The number of hydrogen-bond acceptors (Lipinski definition) is 5. The van der Waals surface area contributed by atoms with E-state index in [0.717, 1.165) is 38.5 Å². The quantitative estimate of drug-likeness (QED) is 0.592. The molecule has 0 spiro atoms. The molecule has 1 aromatic carbocycles. The number of aromatic nitrogens is 1. The van der Waals surface area contributed by atoms with Gasteiger partial charge in [0.2, 0.25) is 5.43 Å². The molecule has 0 radical (unpaired) electrons. The normalized spacial score (nSPS) is 24.2. The molecule has 2 atom stereocenters. The lowest BCUT2D eigenvalue weighted by Gasteiger charge is -2.42. The maximum Gasteiger partial charge on any atom is 0.341 e. The van der Waals surface area contributed by atoms with Crippen LogP contribution >= 0.6 is 11.6 Å². The highest BCUT2D eigenvalue weighted by Crippen LogP contribution is 2.52. The SMILES string of the molecule is CCC1CCC(CC)(c2c(O)cc3c(=O)c(C(=O)O)cn(C4CC4)c3c2Cl)N1CNC. The summed E-state index contributed by atoms with van der Waals surface area (Å²) < 4.78 is 1.84. The van der Waals surface area contributed by atoms with E-state index >= 15 is 0 Å². The first-order chi connectivity index (χ1) is 14.8. The van der Waals surface area contributed by atoms with E-state index in [0.29, 0.717) is 28.8 Å². The highest BCUT2D eigenvalue weighted by molar-refractivity contribution is 6.36. The van der Waals surface area contributed by atoms with Crippen molar-refractivity contribution < 1.29 is 15.0 Å². The van der Waals surface area contributed by atoms with Crippen molar-refractivity contribution in [1.29, 1.82) is 0 Å². The van der Waals surface area contributed by atoms with Crippen molar-refractivity contribution in [2.24, 2.45) is 0 Å². The molecule has 8 heteroatoms. The minimum Gasteiger partial charge on any atom is -0.508 e. The molecule has 2 heterocycles. The lowest BCUT2D eigenvalue weighted by atomic mass is 9.83. The maximum atomic E-state index is 12.9. The zero-order valence-corrected chi connectivity index (χ0v) is 19.0. The number of rotatable bonds is 7. The van der Waals surface area contributed by atoms with Crippen LogP contribution < -0.4 is 10.7 Å². The van der Waals surface area contributed by atoms with Crippen LogP contribution in [0.15, 0.2) is 17.1 Å². The summed E-state index contributed by atoms with van der Waals surface area (Å²) in [6, 6.07) is 1.91. The van der Waals surface area contributed by atoms with Crippen LogP contribution in [0.1, 0.15) is 74.3 Å². The maximum absolute atomic E-state index is 12.9. The van der Waals surface area contributed by atoms with E-state index in [-0.39, 0.29) is 22.7 Å². The van der Waals surface area contributed by atoms with E-state index in [4.69, 9.17) is 11.6 Å². The lowest BCUT2D eigenvalue weighted by Crippen LogP contribution is -2.48. The number of fused-ring (bicyclic) bond motifs is 1. The number of phenolic OH excluding ortho intramolecular Hbond substituents is 1. The number of aromatic hydroxyl groups is 1. The van der Waals surface area contributed by atoms with E-state index in [1.165, 1.54) is 12.3 Å². The van der Waals surface area contributed by atoms with Crippen LogP contribution in [-0.2, 0) is 5.54 Å². The van der Waals surface area contributed by atoms with Crippen molar-refractivity contribution in [3.8, 4) is 5.75 Å².